The van der Waals surface area contributed by atoms with Gasteiger partial charge in [0.2, 0.25) is 0 Å². The monoisotopic (exact) mass is 466 g/mol. The van der Waals surface area contributed by atoms with Gasteiger partial charge in [0.05, 0.1) is 10.7 Å². The maximum atomic E-state index is 12.8. The molecule has 0 aliphatic heterocycles. The fourth-order valence-electron chi connectivity index (χ4n) is 3.31. The molecule has 0 bridgehead atoms. The zero-order valence-corrected chi connectivity index (χ0v) is 19.2. The fraction of sp³-hybridized carbons (Fsp3) is 0.120. The van der Waals surface area contributed by atoms with E-state index in [0.29, 0.717) is 20.7 Å². The fourth-order valence-corrected chi connectivity index (χ4v) is 4.88. The van der Waals surface area contributed by atoms with E-state index in [-0.39, 0.29) is 5.91 Å². The Hall–Kier alpha value is -2.66. The van der Waals surface area contributed by atoms with E-state index in [1.807, 2.05) is 60.7 Å². The molecule has 0 fully saturated rings. The van der Waals surface area contributed by atoms with Crippen molar-refractivity contribution in [1.82, 2.24) is 4.98 Å². The van der Waals surface area contributed by atoms with Gasteiger partial charge in [0.1, 0.15) is 0 Å². The summed E-state index contributed by atoms with van der Waals surface area (Å²) in [7, 11) is 0. The van der Waals surface area contributed by atoms with Crippen LogP contribution in [0.3, 0.4) is 0 Å². The van der Waals surface area contributed by atoms with Crippen LogP contribution in [0.25, 0.3) is 22.4 Å². The molecule has 0 unspecified atom stereocenters. The zero-order valence-electron chi connectivity index (χ0n) is 16.9. The normalized spacial score (nSPS) is 10.8. The number of benzene rings is 3. The lowest BCUT2D eigenvalue weighted by atomic mass is 10.0. The van der Waals surface area contributed by atoms with E-state index in [2.05, 4.69) is 17.2 Å². The van der Waals surface area contributed by atoms with Crippen molar-refractivity contribution >= 4 is 45.6 Å². The first-order valence-electron chi connectivity index (χ1n) is 9.97. The van der Waals surface area contributed by atoms with Crippen LogP contribution in [0.1, 0.15) is 28.6 Å². The van der Waals surface area contributed by atoms with Gasteiger partial charge in [-0.15, -0.1) is 11.3 Å². The molecule has 1 N–H and O–H groups in total. The van der Waals surface area contributed by atoms with Gasteiger partial charge in [-0.05, 0) is 47.9 Å². The number of amides is 1. The van der Waals surface area contributed by atoms with E-state index in [0.717, 1.165) is 40.1 Å². The molecule has 4 aromatic rings. The molecule has 1 amide bonds. The molecule has 0 aliphatic carbocycles. The zero-order chi connectivity index (χ0) is 21.8. The Bertz CT molecular complexity index is 1200. The van der Waals surface area contributed by atoms with Crippen LogP contribution in [-0.4, -0.2) is 10.9 Å². The SMILES string of the molecule is CCCc1sc(NC(=O)c2ccc(-c3ccccc3)cc2)nc1-c1ccc(Cl)cc1Cl. The number of rotatable bonds is 6. The predicted octanol–water partition coefficient (Wildman–Crippen LogP) is 7.99. The minimum Gasteiger partial charge on any atom is -0.298 e. The van der Waals surface area contributed by atoms with Crippen LogP contribution in [0.4, 0.5) is 5.13 Å². The maximum Gasteiger partial charge on any atom is 0.257 e. The van der Waals surface area contributed by atoms with Crippen LogP contribution >= 0.6 is 34.5 Å². The highest BCUT2D eigenvalue weighted by atomic mass is 35.5. The second-order valence-electron chi connectivity index (χ2n) is 7.06. The number of carbonyl (C=O) groups excluding carboxylic acids is 1. The minimum absolute atomic E-state index is 0.190. The van der Waals surface area contributed by atoms with Gasteiger partial charge in [-0.3, -0.25) is 10.1 Å². The molecule has 0 spiro atoms. The first-order valence-corrected chi connectivity index (χ1v) is 11.5. The van der Waals surface area contributed by atoms with Gasteiger partial charge in [-0.2, -0.15) is 0 Å². The second-order valence-corrected chi connectivity index (χ2v) is 8.99. The van der Waals surface area contributed by atoms with Crippen molar-refractivity contribution in [2.45, 2.75) is 19.8 Å². The van der Waals surface area contributed by atoms with Crippen molar-refractivity contribution in [1.29, 1.82) is 0 Å². The summed E-state index contributed by atoms with van der Waals surface area (Å²) in [6.45, 7) is 2.11. The molecule has 1 heterocycles. The molecule has 4 rings (SSSR count). The number of halogens is 2. The number of carbonyl (C=O) groups is 1. The molecule has 0 saturated heterocycles. The Morgan fingerprint density at radius 2 is 1.68 bits per heavy atom. The highest BCUT2D eigenvalue weighted by Gasteiger charge is 2.17. The first kappa shape index (κ1) is 21.6. The number of aromatic nitrogens is 1. The summed E-state index contributed by atoms with van der Waals surface area (Å²) >= 11 is 13.9. The Balaban J connectivity index is 1.57. The smallest absolute Gasteiger partial charge is 0.257 e. The number of aryl methyl sites for hydroxylation is 1. The maximum absolute atomic E-state index is 12.8. The van der Waals surface area contributed by atoms with Crippen molar-refractivity contribution in [2.24, 2.45) is 0 Å². The summed E-state index contributed by atoms with van der Waals surface area (Å²) in [5, 5.41) is 4.62. The first-order chi connectivity index (χ1) is 15.0. The average Bonchev–Trinajstić information content (AvgIpc) is 3.16. The molecule has 0 radical (unpaired) electrons. The highest BCUT2D eigenvalue weighted by molar-refractivity contribution is 7.16. The lowest BCUT2D eigenvalue weighted by Crippen LogP contribution is -2.11. The molecule has 0 saturated carbocycles. The van der Waals surface area contributed by atoms with E-state index in [1.165, 1.54) is 11.3 Å². The van der Waals surface area contributed by atoms with E-state index >= 15 is 0 Å². The number of hydrogen-bond acceptors (Lipinski definition) is 3. The van der Waals surface area contributed by atoms with E-state index in [4.69, 9.17) is 23.2 Å². The third kappa shape index (κ3) is 4.99. The summed E-state index contributed by atoms with van der Waals surface area (Å²) in [6, 6.07) is 23.0. The number of thiazole rings is 1. The van der Waals surface area contributed by atoms with Gasteiger partial charge >= 0.3 is 0 Å². The van der Waals surface area contributed by atoms with Gasteiger partial charge in [-0.25, -0.2) is 4.98 Å². The van der Waals surface area contributed by atoms with Crippen molar-refractivity contribution in [2.75, 3.05) is 5.32 Å². The van der Waals surface area contributed by atoms with Crippen molar-refractivity contribution in [3.05, 3.63) is 93.3 Å². The van der Waals surface area contributed by atoms with E-state index in [9.17, 15) is 4.79 Å². The third-order valence-corrected chi connectivity index (χ3v) is 6.41. The molecule has 0 atom stereocenters. The number of nitrogens with zero attached hydrogens (tertiary/aromatic N) is 1. The Morgan fingerprint density at radius 3 is 2.35 bits per heavy atom. The Labute approximate surface area is 195 Å². The number of hydrogen-bond donors (Lipinski definition) is 1. The Kier molecular flexibility index (Phi) is 6.71. The molecule has 1 aromatic heterocycles. The third-order valence-electron chi connectivity index (χ3n) is 4.84. The molecule has 3 aromatic carbocycles. The van der Waals surface area contributed by atoms with Crippen molar-refractivity contribution < 1.29 is 4.79 Å². The molecule has 31 heavy (non-hydrogen) atoms. The van der Waals surface area contributed by atoms with Crippen LogP contribution in [0.15, 0.2) is 72.8 Å². The summed E-state index contributed by atoms with van der Waals surface area (Å²) in [4.78, 5) is 18.6. The number of anilines is 1. The molecule has 3 nitrogen and oxygen atoms in total. The van der Waals surface area contributed by atoms with Crippen LogP contribution in [0.2, 0.25) is 10.0 Å². The van der Waals surface area contributed by atoms with E-state index in [1.54, 1.807) is 12.1 Å². The van der Waals surface area contributed by atoms with Gasteiger partial charge < -0.3 is 0 Å². The lowest BCUT2D eigenvalue weighted by molar-refractivity contribution is 0.102. The second kappa shape index (κ2) is 9.65. The average molecular weight is 467 g/mol. The largest absolute Gasteiger partial charge is 0.298 e. The topological polar surface area (TPSA) is 42.0 Å². The van der Waals surface area contributed by atoms with Crippen LogP contribution in [0, 0.1) is 0 Å². The minimum atomic E-state index is -0.190. The van der Waals surface area contributed by atoms with E-state index < -0.39 is 0 Å². The lowest BCUT2D eigenvalue weighted by Gasteiger charge is -2.05. The van der Waals surface area contributed by atoms with Gasteiger partial charge in [0.15, 0.2) is 5.13 Å². The molecule has 6 heteroatoms. The quantitative estimate of drug-likeness (QED) is 0.312. The molecule has 0 aliphatic rings. The van der Waals surface area contributed by atoms with Gasteiger partial charge in [0, 0.05) is 21.0 Å². The van der Waals surface area contributed by atoms with Crippen molar-refractivity contribution in [3.8, 4) is 22.4 Å². The van der Waals surface area contributed by atoms with Crippen molar-refractivity contribution in [3.63, 3.8) is 0 Å². The van der Waals surface area contributed by atoms with Crippen LogP contribution in [0.5, 0.6) is 0 Å². The predicted molar refractivity (Wildman–Crippen MR) is 131 cm³/mol. The number of nitrogens with one attached hydrogen (secondary N) is 1. The molecule has 156 valence electrons. The summed E-state index contributed by atoms with van der Waals surface area (Å²) < 4.78 is 0. The standard InChI is InChI=1S/C25H20Cl2N2OS/c1-2-6-22-23(20-14-13-19(26)15-21(20)27)28-25(31-22)29-24(30)18-11-9-17(10-12-18)16-7-4-3-5-8-16/h3-5,7-15H,2,6H2,1H3,(H,28,29,30). The summed E-state index contributed by atoms with van der Waals surface area (Å²) in [6.07, 6.45) is 1.82. The molecular weight excluding hydrogens is 447 g/mol. The van der Waals surface area contributed by atoms with Crippen LogP contribution < -0.4 is 5.32 Å². The van der Waals surface area contributed by atoms with Crippen LogP contribution in [-0.2, 0) is 6.42 Å². The Morgan fingerprint density at radius 1 is 0.968 bits per heavy atom. The molecular formula is C25H20Cl2N2OS. The van der Waals surface area contributed by atoms with Gasteiger partial charge in [-0.1, -0.05) is 79.0 Å². The summed E-state index contributed by atoms with van der Waals surface area (Å²) in [5.74, 6) is -0.190. The van der Waals surface area contributed by atoms with Gasteiger partial charge in [0.25, 0.3) is 5.91 Å². The highest BCUT2D eigenvalue weighted by Crippen LogP contribution is 2.37. The summed E-state index contributed by atoms with van der Waals surface area (Å²) in [5.41, 5.74) is 4.37.